The van der Waals surface area contributed by atoms with Crippen molar-refractivity contribution in [3.8, 4) is 5.75 Å². The van der Waals surface area contributed by atoms with Gasteiger partial charge in [-0.3, -0.25) is 24.0 Å². The number of rotatable bonds is 3. The van der Waals surface area contributed by atoms with Gasteiger partial charge in [0.05, 0.1) is 11.3 Å². The Balaban J connectivity index is 2.09. The molecular weight excluding hydrogens is 390 g/mol. The molecule has 0 aliphatic carbocycles. The zero-order valence-corrected chi connectivity index (χ0v) is 16.4. The average molecular weight is 407 g/mol. The van der Waals surface area contributed by atoms with Gasteiger partial charge in [0.1, 0.15) is 5.75 Å². The van der Waals surface area contributed by atoms with E-state index in [0.717, 1.165) is 11.8 Å². The number of amides is 4. The zero-order chi connectivity index (χ0) is 22.0. The number of ether oxygens (including phenoxy) is 1. The minimum Gasteiger partial charge on any atom is -0.426 e. The number of carbonyl (C=O) groups excluding carboxylic acids is 5. The topological polar surface area (TPSA) is 113 Å². The Labute approximate surface area is 171 Å². The highest BCUT2D eigenvalue weighted by Crippen LogP contribution is 2.30. The first-order chi connectivity index (χ1) is 14.2. The second kappa shape index (κ2) is 8.08. The summed E-state index contributed by atoms with van der Waals surface area (Å²) in [7, 11) is 0. The van der Waals surface area contributed by atoms with Crippen LogP contribution in [0.2, 0.25) is 0 Å². The number of hydrogen-bond acceptors (Lipinski definition) is 7. The first-order valence-corrected chi connectivity index (χ1v) is 8.88. The van der Waals surface area contributed by atoms with Crippen LogP contribution in [-0.4, -0.2) is 40.3 Å². The molecule has 152 valence electrons. The van der Waals surface area contributed by atoms with Crippen LogP contribution >= 0.6 is 0 Å². The minimum atomic E-state index is -0.890. The van der Waals surface area contributed by atoms with E-state index in [1.165, 1.54) is 32.0 Å². The highest BCUT2D eigenvalue weighted by molar-refractivity contribution is 6.58. The largest absolute Gasteiger partial charge is 0.426 e. The lowest BCUT2D eigenvalue weighted by Crippen LogP contribution is -2.37. The molecule has 2 aromatic carbocycles. The third-order valence-corrected chi connectivity index (χ3v) is 4.18. The lowest BCUT2D eigenvalue weighted by Gasteiger charge is -2.16. The van der Waals surface area contributed by atoms with Crippen LogP contribution in [0.15, 0.2) is 53.6 Å². The van der Waals surface area contributed by atoms with Crippen molar-refractivity contribution in [1.82, 2.24) is 5.01 Å². The fourth-order valence-corrected chi connectivity index (χ4v) is 2.97. The van der Waals surface area contributed by atoms with E-state index in [-0.39, 0.29) is 17.0 Å². The molecule has 0 atom stereocenters. The summed E-state index contributed by atoms with van der Waals surface area (Å²) >= 11 is 0. The number of para-hydroxylation sites is 2. The van der Waals surface area contributed by atoms with Gasteiger partial charge in [0.15, 0.2) is 5.71 Å². The molecule has 9 nitrogen and oxygen atoms in total. The van der Waals surface area contributed by atoms with Crippen molar-refractivity contribution in [2.45, 2.75) is 20.8 Å². The van der Waals surface area contributed by atoms with Crippen molar-refractivity contribution >= 4 is 41.0 Å². The number of imide groups is 2. The number of fused-ring (bicyclic) bond motifs is 1. The second-order valence-electron chi connectivity index (χ2n) is 6.35. The fraction of sp³-hybridized carbons (Fsp3) is 0.143. The van der Waals surface area contributed by atoms with E-state index in [4.69, 9.17) is 4.74 Å². The Bertz CT molecular complexity index is 1120. The van der Waals surface area contributed by atoms with E-state index in [1.54, 1.807) is 30.3 Å². The molecular formula is C21H17N3O6. The number of nitrogens with zero attached hydrogens (tertiary/aromatic N) is 3. The van der Waals surface area contributed by atoms with Crippen LogP contribution in [0.3, 0.4) is 0 Å². The summed E-state index contributed by atoms with van der Waals surface area (Å²) < 4.78 is 5.03. The average Bonchev–Trinajstić information content (AvgIpc) is 2.96. The van der Waals surface area contributed by atoms with E-state index >= 15 is 0 Å². The predicted molar refractivity (Wildman–Crippen MR) is 106 cm³/mol. The van der Waals surface area contributed by atoms with E-state index in [1.807, 2.05) is 0 Å². The maximum atomic E-state index is 13.0. The molecule has 30 heavy (non-hydrogen) atoms. The van der Waals surface area contributed by atoms with Gasteiger partial charge >= 0.3 is 5.97 Å². The van der Waals surface area contributed by atoms with Crippen LogP contribution in [0, 0.1) is 0 Å². The zero-order valence-electron chi connectivity index (χ0n) is 16.4. The molecule has 0 saturated carbocycles. The third kappa shape index (κ3) is 3.72. The van der Waals surface area contributed by atoms with E-state index in [9.17, 15) is 24.0 Å². The molecule has 0 aromatic heterocycles. The molecule has 3 rings (SSSR count). The normalized spacial score (nSPS) is 13.8. The maximum Gasteiger partial charge on any atom is 0.308 e. The summed E-state index contributed by atoms with van der Waals surface area (Å²) in [4.78, 5) is 62.2. The highest BCUT2D eigenvalue weighted by atomic mass is 16.5. The molecule has 4 amide bonds. The SMILES string of the molecule is CC(=O)Oc1ccccc1C(=O)N(/N=C1\C(=O)N(C(C)=O)c2ccccc21)C(C)=O. The van der Waals surface area contributed by atoms with Gasteiger partial charge in [-0.1, -0.05) is 30.3 Å². The maximum absolute atomic E-state index is 13.0. The van der Waals surface area contributed by atoms with E-state index < -0.39 is 29.6 Å². The molecule has 0 spiro atoms. The summed E-state index contributed by atoms with van der Waals surface area (Å²) in [5, 5.41) is 4.50. The number of hydrogen-bond donors (Lipinski definition) is 0. The van der Waals surface area contributed by atoms with Crippen LogP contribution in [0.4, 0.5) is 5.69 Å². The standard InChI is InChI=1S/C21H17N3O6/c1-12(25)23-17-10-6-4-8-15(17)19(21(23)29)22-24(13(2)26)20(28)16-9-5-7-11-18(16)30-14(3)27/h4-11H,1-3H3/b22-19-. The first kappa shape index (κ1) is 20.6. The fourth-order valence-electron chi connectivity index (χ4n) is 2.97. The molecule has 0 saturated heterocycles. The second-order valence-corrected chi connectivity index (χ2v) is 6.35. The van der Waals surface area contributed by atoms with Gasteiger partial charge in [-0.05, 0) is 18.2 Å². The van der Waals surface area contributed by atoms with Crippen molar-refractivity contribution in [1.29, 1.82) is 0 Å². The number of anilines is 1. The van der Waals surface area contributed by atoms with Crippen LogP contribution in [0.25, 0.3) is 0 Å². The van der Waals surface area contributed by atoms with E-state index in [2.05, 4.69) is 5.10 Å². The molecule has 1 aliphatic rings. The first-order valence-electron chi connectivity index (χ1n) is 8.88. The summed E-state index contributed by atoms with van der Waals surface area (Å²) in [6.07, 6.45) is 0. The molecule has 0 bridgehead atoms. The van der Waals surface area contributed by atoms with Gasteiger partial charge in [-0.2, -0.15) is 10.1 Å². The molecule has 0 unspecified atom stereocenters. The number of carbonyl (C=O) groups is 5. The van der Waals surface area contributed by atoms with Crippen LogP contribution in [-0.2, 0) is 19.2 Å². The molecule has 9 heteroatoms. The van der Waals surface area contributed by atoms with Gasteiger partial charge < -0.3 is 4.74 Å². The summed E-state index contributed by atoms with van der Waals surface area (Å²) in [6, 6.07) is 12.3. The smallest absolute Gasteiger partial charge is 0.308 e. The third-order valence-electron chi connectivity index (χ3n) is 4.18. The predicted octanol–water partition coefficient (Wildman–Crippen LogP) is 1.90. The Kier molecular flexibility index (Phi) is 5.54. The number of benzene rings is 2. The summed E-state index contributed by atoms with van der Waals surface area (Å²) in [5.41, 5.74) is 0.304. The van der Waals surface area contributed by atoms with Crippen LogP contribution in [0.1, 0.15) is 36.7 Å². The molecule has 0 radical (unpaired) electrons. The van der Waals surface area contributed by atoms with E-state index in [0.29, 0.717) is 16.3 Å². The van der Waals surface area contributed by atoms with Crippen molar-refractivity contribution in [2.75, 3.05) is 4.90 Å². The Morgan fingerprint density at radius 1 is 0.933 bits per heavy atom. The van der Waals surface area contributed by atoms with Crippen molar-refractivity contribution in [3.05, 3.63) is 59.7 Å². The summed E-state index contributed by atoms with van der Waals surface area (Å²) in [5.74, 6) is -3.64. The van der Waals surface area contributed by atoms with Crippen molar-refractivity contribution in [3.63, 3.8) is 0 Å². The molecule has 0 fully saturated rings. The van der Waals surface area contributed by atoms with Crippen LogP contribution < -0.4 is 9.64 Å². The van der Waals surface area contributed by atoms with Gasteiger partial charge in [0.2, 0.25) is 11.8 Å². The van der Waals surface area contributed by atoms with Gasteiger partial charge in [-0.25, -0.2) is 4.90 Å². The number of esters is 1. The quantitative estimate of drug-likeness (QED) is 0.436. The lowest BCUT2D eigenvalue weighted by atomic mass is 10.1. The monoisotopic (exact) mass is 407 g/mol. The molecule has 2 aromatic rings. The van der Waals surface area contributed by atoms with Crippen molar-refractivity contribution < 1.29 is 28.7 Å². The molecule has 1 aliphatic heterocycles. The highest BCUT2D eigenvalue weighted by Gasteiger charge is 2.38. The molecule has 0 N–H and O–H groups in total. The summed E-state index contributed by atoms with van der Waals surface area (Å²) in [6.45, 7) is 3.50. The number of hydrazone groups is 1. The van der Waals surface area contributed by atoms with Gasteiger partial charge in [-0.15, -0.1) is 0 Å². The van der Waals surface area contributed by atoms with Gasteiger partial charge in [0, 0.05) is 26.3 Å². The Morgan fingerprint density at radius 2 is 1.57 bits per heavy atom. The van der Waals surface area contributed by atoms with Crippen molar-refractivity contribution in [2.24, 2.45) is 5.10 Å². The van der Waals surface area contributed by atoms with Gasteiger partial charge in [0.25, 0.3) is 11.8 Å². The van der Waals surface area contributed by atoms with Crippen LogP contribution in [0.5, 0.6) is 5.75 Å². The Hall–Kier alpha value is -4.14. The molecule has 1 heterocycles. The lowest BCUT2D eigenvalue weighted by molar-refractivity contribution is -0.132. The Morgan fingerprint density at radius 3 is 2.20 bits per heavy atom. The minimum absolute atomic E-state index is 0.0510.